The van der Waals surface area contributed by atoms with Crippen LogP contribution in [0.3, 0.4) is 0 Å². The summed E-state index contributed by atoms with van der Waals surface area (Å²) in [4.78, 5) is 0. The van der Waals surface area contributed by atoms with Gasteiger partial charge >= 0.3 is 0 Å². The van der Waals surface area contributed by atoms with Crippen molar-refractivity contribution in [2.45, 2.75) is 13.5 Å². The Morgan fingerprint density at radius 3 is 2.62 bits per heavy atom. The number of halogens is 1. The number of hydrogen-bond donors (Lipinski definition) is 2. The number of rotatable bonds is 3. The molecule has 21 heavy (non-hydrogen) atoms. The Hall–Kier alpha value is -2.19. The van der Waals surface area contributed by atoms with Crippen molar-refractivity contribution in [3.05, 3.63) is 70.7 Å². The van der Waals surface area contributed by atoms with E-state index in [4.69, 9.17) is 11.6 Å². The molecule has 0 aliphatic carbocycles. The molecule has 0 aliphatic heterocycles. The van der Waals surface area contributed by atoms with Gasteiger partial charge in [-0.1, -0.05) is 54.1 Å². The fraction of sp³-hybridized carbons (Fsp3) is 0.111. The summed E-state index contributed by atoms with van der Waals surface area (Å²) in [7, 11) is 0. The Kier molecular flexibility index (Phi) is 3.72. The van der Waals surface area contributed by atoms with Crippen LogP contribution >= 0.6 is 11.6 Å². The first-order valence-electron chi connectivity index (χ1n) is 6.85. The summed E-state index contributed by atoms with van der Waals surface area (Å²) in [5, 5.41) is 16.3. The van der Waals surface area contributed by atoms with Crippen molar-refractivity contribution >= 4 is 28.1 Å². The van der Waals surface area contributed by atoms with Gasteiger partial charge in [0.2, 0.25) is 0 Å². The van der Waals surface area contributed by atoms with Gasteiger partial charge in [0.25, 0.3) is 0 Å². The maximum atomic E-state index is 10.2. The van der Waals surface area contributed by atoms with Crippen LogP contribution in [0.1, 0.15) is 11.1 Å². The summed E-state index contributed by atoms with van der Waals surface area (Å²) in [5.41, 5.74) is 2.88. The van der Waals surface area contributed by atoms with Crippen molar-refractivity contribution in [2.24, 2.45) is 0 Å². The number of aryl methyl sites for hydroxylation is 1. The van der Waals surface area contributed by atoms with Crippen molar-refractivity contribution in [1.82, 2.24) is 0 Å². The Bertz CT molecular complexity index is 778. The van der Waals surface area contributed by atoms with E-state index in [0.717, 1.165) is 27.6 Å². The number of anilines is 1. The maximum Gasteiger partial charge on any atom is 0.121 e. The number of nitrogens with one attached hydrogen (secondary N) is 1. The van der Waals surface area contributed by atoms with Gasteiger partial charge in [-0.2, -0.15) is 0 Å². The highest BCUT2D eigenvalue weighted by atomic mass is 35.5. The lowest BCUT2D eigenvalue weighted by molar-refractivity contribution is 0.470. The smallest absolute Gasteiger partial charge is 0.121 e. The van der Waals surface area contributed by atoms with Gasteiger partial charge in [-0.25, -0.2) is 0 Å². The molecular weight excluding hydrogens is 282 g/mol. The average molecular weight is 298 g/mol. The standard InChI is InChI=1S/C18H16ClNO/c1-12-5-4-8-16(19)18(12)20-11-15-14-7-3-2-6-13(14)9-10-17(15)21/h2-10,20-21H,11H2,1H3. The van der Waals surface area contributed by atoms with Gasteiger partial charge in [0.15, 0.2) is 0 Å². The summed E-state index contributed by atoms with van der Waals surface area (Å²) >= 11 is 6.23. The van der Waals surface area contributed by atoms with Crippen molar-refractivity contribution in [1.29, 1.82) is 0 Å². The first kappa shape index (κ1) is 13.8. The molecule has 0 aliphatic rings. The van der Waals surface area contributed by atoms with E-state index in [1.54, 1.807) is 6.07 Å². The fourth-order valence-corrected chi connectivity index (χ4v) is 2.83. The number of phenols is 1. The Morgan fingerprint density at radius 1 is 1.00 bits per heavy atom. The lowest BCUT2D eigenvalue weighted by Crippen LogP contribution is -2.02. The number of aromatic hydroxyl groups is 1. The molecule has 0 radical (unpaired) electrons. The van der Waals surface area contributed by atoms with Crippen LogP contribution in [-0.2, 0) is 6.54 Å². The van der Waals surface area contributed by atoms with Crippen LogP contribution < -0.4 is 5.32 Å². The molecular formula is C18H16ClNO. The monoisotopic (exact) mass is 297 g/mol. The molecule has 3 aromatic rings. The number of fused-ring (bicyclic) bond motifs is 1. The quantitative estimate of drug-likeness (QED) is 0.703. The van der Waals surface area contributed by atoms with E-state index in [1.165, 1.54) is 0 Å². The van der Waals surface area contributed by atoms with Gasteiger partial charge in [-0.3, -0.25) is 0 Å². The van der Waals surface area contributed by atoms with Gasteiger partial charge < -0.3 is 10.4 Å². The largest absolute Gasteiger partial charge is 0.508 e. The summed E-state index contributed by atoms with van der Waals surface area (Å²) in [6, 6.07) is 17.5. The molecule has 0 saturated carbocycles. The van der Waals surface area contributed by atoms with Crippen LogP contribution in [-0.4, -0.2) is 5.11 Å². The highest BCUT2D eigenvalue weighted by molar-refractivity contribution is 6.33. The summed E-state index contributed by atoms with van der Waals surface area (Å²) in [5.74, 6) is 0.297. The molecule has 0 spiro atoms. The number of para-hydroxylation sites is 1. The van der Waals surface area contributed by atoms with Crippen molar-refractivity contribution < 1.29 is 5.11 Å². The summed E-state index contributed by atoms with van der Waals surface area (Å²) < 4.78 is 0. The fourth-order valence-electron chi connectivity index (χ4n) is 2.54. The molecule has 3 rings (SSSR count). The zero-order chi connectivity index (χ0) is 14.8. The van der Waals surface area contributed by atoms with E-state index in [-0.39, 0.29) is 0 Å². The predicted molar refractivity (Wildman–Crippen MR) is 89.1 cm³/mol. The van der Waals surface area contributed by atoms with Gasteiger partial charge in [0.05, 0.1) is 10.7 Å². The van der Waals surface area contributed by atoms with Gasteiger partial charge in [-0.15, -0.1) is 0 Å². The molecule has 0 unspecified atom stereocenters. The van der Waals surface area contributed by atoms with E-state index in [9.17, 15) is 5.11 Å². The highest BCUT2D eigenvalue weighted by Gasteiger charge is 2.08. The van der Waals surface area contributed by atoms with E-state index in [0.29, 0.717) is 17.3 Å². The molecule has 2 nitrogen and oxygen atoms in total. The van der Waals surface area contributed by atoms with Crippen LogP contribution in [0.2, 0.25) is 5.02 Å². The van der Waals surface area contributed by atoms with E-state index in [1.807, 2.05) is 55.5 Å². The van der Waals surface area contributed by atoms with Crippen LogP contribution in [0.4, 0.5) is 5.69 Å². The molecule has 0 atom stereocenters. The van der Waals surface area contributed by atoms with Crippen molar-refractivity contribution in [2.75, 3.05) is 5.32 Å². The normalized spacial score (nSPS) is 10.8. The van der Waals surface area contributed by atoms with Crippen molar-refractivity contribution in [3.8, 4) is 5.75 Å². The van der Waals surface area contributed by atoms with E-state index >= 15 is 0 Å². The second kappa shape index (κ2) is 5.66. The second-order valence-corrected chi connectivity index (χ2v) is 5.48. The molecule has 0 amide bonds. The molecule has 106 valence electrons. The van der Waals surface area contributed by atoms with Crippen LogP contribution in [0.15, 0.2) is 54.6 Å². The van der Waals surface area contributed by atoms with Gasteiger partial charge in [-0.05, 0) is 35.4 Å². The van der Waals surface area contributed by atoms with E-state index in [2.05, 4.69) is 5.32 Å². The number of hydrogen-bond acceptors (Lipinski definition) is 2. The van der Waals surface area contributed by atoms with Gasteiger partial charge in [0.1, 0.15) is 5.75 Å². The Balaban J connectivity index is 1.97. The second-order valence-electron chi connectivity index (χ2n) is 5.07. The molecule has 2 N–H and O–H groups in total. The minimum absolute atomic E-state index is 0.297. The summed E-state index contributed by atoms with van der Waals surface area (Å²) in [6.45, 7) is 2.54. The van der Waals surface area contributed by atoms with E-state index < -0.39 is 0 Å². The lowest BCUT2D eigenvalue weighted by Gasteiger charge is -2.14. The zero-order valence-electron chi connectivity index (χ0n) is 11.7. The highest BCUT2D eigenvalue weighted by Crippen LogP contribution is 2.30. The number of benzene rings is 3. The SMILES string of the molecule is Cc1cccc(Cl)c1NCc1c(O)ccc2ccccc12. The molecule has 0 fully saturated rings. The molecule has 0 aromatic heterocycles. The predicted octanol–water partition coefficient (Wildman–Crippen LogP) is 5.12. The van der Waals surface area contributed by atoms with Crippen LogP contribution in [0.25, 0.3) is 10.8 Å². The van der Waals surface area contributed by atoms with Gasteiger partial charge in [0, 0.05) is 12.1 Å². The molecule has 3 aromatic carbocycles. The molecule has 3 heteroatoms. The average Bonchev–Trinajstić information content (AvgIpc) is 2.48. The Labute approximate surface area is 129 Å². The number of phenolic OH excluding ortho intramolecular Hbond substituents is 1. The van der Waals surface area contributed by atoms with Crippen molar-refractivity contribution in [3.63, 3.8) is 0 Å². The first-order valence-corrected chi connectivity index (χ1v) is 7.23. The molecule has 0 heterocycles. The first-order chi connectivity index (χ1) is 10.2. The maximum absolute atomic E-state index is 10.2. The Morgan fingerprint density at radius 2 is 1.81 bits per heavy atom. The lowest BCUT2D eigenvalue weighted by atomic mass is 10.0. The minimum Gasteiger partial charge on any atom is -0.508 e. The topological polar surface area (TPSA) is 32.3 Å². The molecule has 0 bridgehead atoms. The minimum atomic E-state index is 0.297. The third-order valence-electron chi connectivity index (χ3n) is 3.68. The van der Waals surface area contributed by atoms with Crippen LogP contribution in [0.5, 0.6) is 5.75 Å². The van der Waals surface area contributed by atoms with Crippen LogP contribution in [0, 0.1) is 6.92 Å². The zero-order valence-corrected chi connectivity index (χ0v) is 12.5. The summed E-state index contributed by atoms with van der Waals surface area (Å²) in [6.07, 6.45) is 0. The third-order valence-corrected chi connectivity index (χ3v) is 3.99. The third kappa shape index (κ3) is 2.67. The molecule has 0 saturated heterocycles.